The van der Waals surface area contributed by atoms with Crippen LogP contribution in [0.1, 0.15) is 37.7 Å². The lowest BCUT2D eigenvalue weighted by Crippen LogP contribution is -2.46. The third kappa shape index (κ3) is 2.41. The maximum Gasteiger partial charge on any atom is 0.159 e. The van der Waals surface area contributed by atoms with Gasteiger partial charge in [0.1, 0.15) is 0 Å². The minimum absolute atomic E-state index is 0.425. The van der Waals surface area contributed by atoms with Gasteiger partial charge in [-0.15, -0.1) is 0 Å². The fourth-order valence-electron chi connectivity index (χ4n) is 3.52. The van der Waals surface area contributed by atoms with Crippen molar-refractivity contribution in [3.05, 3.63) is 35.4 Å². The first-order chi connectivity index (χ1) is 8.72. The molecule has 1 aromatic rings. The minimum atomic E-state index is -0.758. The van der Waals surface area contributed by atoms with Gasteiger partial charge in [-0.1, -0.05) is 12.5 Å². The highest BCUT2D eigenvalue weighted by Gasteiger charge is 2.33. The van der Waals surface area contributed by atoms with Crippen LogP contribution in [0.2, 0.25) is 0 Å². The topological polar surface area (TPSA) is 12.0 Å². The summed E-state index contributed by atoms with van der Waals surface area (Å²) in [5.41, 5.74) is 0.892. The van der Waals surface area contributed by atoms with Gasteiger partial charge in [-0.05, 0) is 55.7 Å². The summed E-state index contributed by atoms with van der Waals surface area (Å²) in [4.78, 5) is 0. The Bertz CT molecular complexity index is 433. The highest BCUT2D eigenvalue weighted by molar-refractivity contribution is 5.19. The molecule has 0 spiro atoms. The number of hydrogen-bond acceptors (Lipinski definition) is 1. The van der Waals surface area contributed by atoms with E-state index in [1.165, 1.54) is 37.8 Å². The number of hydrogen-bond donors (Lipinski definition) is 1. The van der Waals surface area contributed by atoms with Crippen LogP contribution in [-0.4, -0.2) is 12.1 Å². The summed E-state index contributed by atoms with van der Waals surface area (Å²) in [7, 11) is 0. The van der Waals surface area contributed by atoms with Crippen molar-refractivity contribution in [2.75, 3.05) is 0 Å². The smallest absolute Gasteiger partial charge is 0.159 e. The zero-order valence-corrected chi connectivity index (χ0v) is 10.5. The second kappa shape index (κ2) is 4.96. The van der Waals surface area contributed by atoms with E-state index in [0.29, 0.717) is 12.1 Å². The summed E-state index contributed by atoms with van der Waals surface area (Å²) in [6.45, 7) is 0. The molecule has 18 heavy (non-hydrogen) atoms. The van der Waals surface area contributed by atoms with Crippen molar-refractivity contribution in [1.29, 1.82) is 0 Å². The van der Waals surface area contributed by atoms with Gasteiger partial charge >= 0.3 is 0 Å². The van der Waals surface area contributed by atoms with Crippen molar-refractivity contribution in [2.45, 2.75) is 50.6 Å². The molecule has 1 N–H and O–H groups in total. The summed E-state index contributed by atoms with van der Waals surface area (Å²) >= 11 is 0. The van der Waals surface area contributed by atoms with Crippen molar-refractivity contribution < 1.29 is 8.78 Å². The molecular weight excluding hydrogens is 232 g/mol. The number of nitrogens with one attached hydrogen (secondary N) is 1. The quantitative estimate of drug-likeness (QED) is 0.849. The molecule has 3 atom stereocenters. The minimum Gasteiger partial charge on any atom is -0.311 e. The summed E-state index contributed by atoms with van der Waals surface area (Å²) in [6, 6.07) is 5.34. The highest BCUT2D eigenvalue weighted by atomic mass is 19.2. The van der Waals surface area contributed by atoms with Crippen LogP contribution < -0.4 is 5.32 Å². The number of benzene rings is 1. The molecule has 3 unspecified atom stereocenters. The van der Waals surface area contributed by atoms with E-state index in [0.717, 1.165) is 24.3 Å². The van der Waals surface area contributed by atoms with Crippen molar-refractivity contribution in [3.63, 3.8) is 0 Å². The van der Waals surface area contributed by atoms with Gasteiger partial charge in [0, 0.05) is 12.1 Å². The molecule has 0 amide bonds. The summed E-state index contributed by atoms with van der Waals surface area (Å²) in [5, 5.41) is 3.68. The molecular formula is C15H19F2N. The van der Waals surface area contributed by atoms with Crippen molar-refractivity contribution in [2.24, 2.45) is 5.92 Å². The Labute approximate surface area is 107 Å². The standard InChI is InChI=1S/C15H19F2N/c16-13-7-4-10(9-14(13)17)8-12-6-5-11-2-1-3-15(11)18-12/h4,7,9,11-12,15,18H,1-3,5-6,8H2. The number of rotatable bonds is 2. The fraction of sp³-hybridized carbons (Fsp3) is 0.600. The maximum atomic E-state index is 13.2. The van der Waals surface area contributed by atoms with Gasteiger partial charge in [0.25, 0.3) is 0 Å². The molecule has 98 valence electrons. The molecule has 3 heteroatoms. The lowest BCUT2D eigenvalue weighted by atomic mass is 9.87. The molecule has 1 aliphatic carbocycles. The average Bonchev–Trinajstić information content (AvgIpc) is 2.81. The highest BCUT2D eigenvalue weighted by Crippen LogP contribution is 2.34. The fourth-order valence-corrected chi connectivity index (χ4v) is 3.52. The molecule has 0 bridgehead atoms. The Kier molecular flexibility index (Phi) is 3.33. The Morgan fingerprint density at radius 2 is 1.94 bits per heavy atom. The van der Waals surface area contributed by atoms with Crippen LogP contribution in [0.4, 0.5) is 8.78 Å². The van der Waals surface area contributed by atoms with E-state index in [-0.39, 0.29) is 0 Å². The first-order valence-electron chi connectivity index (χ1n) is 6.92. The van der Waals surface area contributed by atoms with Crippen LogP contribution in [0.5, 0.6) is 0 Å². The zero-order chi connectivity index (χ0) is 12.5. The number of halogens is 2. The van der Waals surface area contributed by atoms with Crippen LogP contribution in [0.15, 0.2) is 18.2 Å². The maximum absolute atomic E-state index is 13.2. The normalized spacial score (nSPS) is 31.3. The van der Waals surface area contributed by atoms with Gasteiger partial charge in [-0.2, -0.15) is 0 Å². The SMILES string of the molecule is Fc1ccc(CC2CCC3CCCC3N2)cc1F. The lowest BCUT2D eigenvalue weighted by Gasteiger charge is -2.33. The van der Waals surface area contributed by atoms with E-state index in [9.17, 15) is 8.78 Å². The van der Waals surface area contributed by atoms with Gasteiger partial charge < -0.3 is 5.32 Å². The Morgan fingerprint density at radius 3 is 2.78 bits per heavy atom. The second-order valence-electron chi connectivity index (χ2n) is 5.69. The zero-order valence-electron chi connectivity index (χ0n) is 10.5. The van der Waals surface area contributed by atoms with Gasteiger partial charge in [0.2, 0.25) is 0 Å². The predicted molar refractivity (Wildman–Crippen MR) is 67.3 cm³/mol. The van der Waals surface area contributed by atoms with Crippen molar-refractivity contribution in [1.82, 2.24) is 5.32 Å². The molecule has 1 saturated heterocycles. The van der Waals surface area contributed by atoms with Crippen molar-refractivity contribution in [3.8, 4) is 0 Å². The van der Waals surface area contributed by atoms with Crippen molar-refractivity contribution >= 4 is 0 Å². The van der Waals surface area contributed by atoms with Gasteiger partial charge in [0.05, 0.1) is 0 Å². The van der Waals surface area contributed by atoms with Gasteiger partial charge in [0.15, 0.2) is 11.6 Å². The average molecular weight is 251 g/mol. The van der Waals surface area contributed by atoms with E-state index >= 15 is 0 Å². The molecule has 1 heterocycles. The molecule has 1 aliphatic heterocycles. The third-order valence-electron chi connectivity index (χ3n) is 4.46. The van der Waals surface area contributed by atoms with Crippen LogP contribution in [-0.2, 0) is 6.42 Å². The largest absolute Gasteiger partial charge is 0.311 e. The first kappa shape index (κ1) is 12.1. The lowest BCUT2D eigenvalue weighted by molar-refractivity contribution is 0.257. The molecule has 3 rings (SSSR count). The molecule has 1 saturated carbocycles. The van der Waals surface area contributed by atoms with Gasteiger partial charge in [-0.25, -0.2) is 8.78 Å². The monoisotopic (exact) mass is 251 g/mol. The van der Waals surface area contributed by atoms with E-state index in [1.807, 2.05) is 0 Å². The van der Waals surface area contributed by atoms with Crippen LogP contribution in [0.3, 0.4) is 0 Å². The molecule has 2 fully saturated rings. The molecule has 1 nitrogen and oxygen atoms in total. The van der Waals surface area contributed by atoms with E-state index in [2.05, 4.69) is 5.32 Å². The number of piperidine rings is 1. The first-order valence-corrected chi connectivity index (χ1v) is 6.92. The molecule has 0 aromatic heterocycles. The van der Waals surface area contributed by atoms with Crippen LogP contribution >= 0.6 is 0 Å². The van der Waals surface area contributed by atoms with E-state index < -0.39 is 11.6 Å². The molecule has 1 aromatic carbocycles. The third-order valence-corrected chi connectivity index (χ3v) is 4.46. The molecule has 0 radical (unpaired) electrons. The van der Waals surface area contributed by atoms with E-state index in [4.69, 9.17) is 0 Å². The van der Waals surface area contributed by atoms with E-state index in [1.54, 1.807) is 6.07 Å². The molecule has 2 aliphatic rings. The van der Waals surface area contributed by atoms with Crippen LogP contribution in [0, 0.1) is 17.6 Å². The Hall–Kier alpha value is -0.960. The summed E-state index contributed by atoms with van der Waals surface area (Å²) in [5.74, 6) is -0.639. The van der Waals surface area contributed by atoms with Crippen LogP contribution in [0.25, 0.3) is 0 Å². The van der Waals surface area contributed by atoms with Gasteiger partial charge in [-0.3, -0.25) is 0 Å². The summed E-state index contributed by atoms with van der Waals surface area (Å²) in [6.07, 6.45) is 7.21. The number of fused-ring (bicyclic) bond motifs is 1. The second-order valence-corrected chi connectivity index (χ2v) is 5.69. The Morgan fingerprint density at radius 1 is 1.06 bits per heavy atom. The summed E-state index contributed by atoms with van der Waals surface area (Å²) < 4.78 is 26.0. The predicted octanol–water partition coefficient (Wildman–Crippen LogP) is 3.43. The Balaban J connectivity index is 1.64.